The number of aryl methyl sites for hydroxylation is 1. The second-order valence-corrected chi connectivity index (χ2v) is 3.46. The van der Waals surface area contributed by atoms with Gasteiger partial charge < -0.3 is 4.74 Å². The summed E-state index contributed by atoms with van der Waals surface area (Å²) in [5, 5.41) is 2.74. The summed E-state index contributed by atoms with van der Waals surface area (Å²) >= 11 is 1.49. The van der Waals surface area contributed by atoms with Crippen molar-refractivity contribution in [3.05, 3.63) is 16.1 Å². The van der Waals surface area contributed by atoms with Crippen LogP contribution in [0.1, 0.15) is 23.5 Å². The first kappa shape index (κ1) is 9.19. The van der Waals surface area contributed by atoms with Crippen molar-refractivity contribution in [2.75, 3.05) is 7.11 Å². The monoisotopic (exact) mass is 185 g/mol. The maximum Gasteiger partial charge on any atom is 0.315 e. The van der Waals surface area contributed by atoms with Crippen molar-refractivity contribution < 1.29 is 9.53 Å². The van der Waals surface area contributed by atoms with E-state index in [0.717, 1.165) is 10.7 Å². The molecule has 1 atom stereocenters. The molecule has 0 bridgehead atoms. The Morgan fingerprint density at radius 1 is 1.75 bits per heavy atom. The van der Waals surface area contributed by atoms with Crippen LogP contribution in [0.2, 0.25) is 0 Å². The normalized spacial score (nSPS) is 12.6. The first-order chi connectivity index (χ1) is 5.65. The van der Waals surface area contributed by atoms with Crippen molar-refractivity contribution in [2.24, 2.45) is 0 Å². The molecule has 0 aliphatic heterocycles. The molecular weight excluding hydrogens is 174 g/mol. The van der Waals surface area contributed by atoms with Gasteiger partial charge in [-0.25, -0.2) is 4.98 Å². The highest BCUT2D eigenvalue weighted by Gasteiger charge is 2.18. The maximum absolute atomic E-state index is 11.1. The number of hydrogen-bond donors (Lipinski definition) is 0. The number of carbonyl (C=O) groups excluding carboxylic acids is 1. The van der Waals surface area contributed by atoms with E-state index in [4.69, 9.17) is 0 Å². The van der Waals surface area contributed by atoms with Crippen LogP contribution in [0, 0.1) is 6.92 Å². The van der Waals surface area contributed by atoms with Gasteiger partial charge in [-0.2, -0.15) is 0 Å². The fraction of sp³-hybridized carbons (Fsp3) is 0.500. The van der Waals surface area contributed by atoms with Crippen molar-refractivity contribution in [1.29, 1.82) is 0 Å². The standard InChI is InChI=1S/C8H11NO2S/c1-5-4-12-7(9-5)6(2)8(10)11-3/h4,6H,1-3H3. The molecule has 1 aromatic heterocycles. The Balaban J connectivity index is 2.77. The molecule has 1 aromatic rings. The van der Waals surface area contributed by atoms with Crippen LogP contribution < -0.4 is 0 Å². The van der Waals surface area contributed by atoms with Crippen LogP contribution in [-0.4, -0.2) is 18.1 Å². The summed E-state index contributed by atoms with van der Waals surface area (Å²) in [6, 6.07) is 0. The number of esters is 1. The van der Waals surface area contributed by atoms with Crippen LogP contribution in [0.25, 0.3) is 0 Å². The van der Waals surface area contributed by atoms with Gasteiger partial charge in [0.2, 0.25) is 0 Å². The summed E-state index contributed by atoms with van der Waals surface area (Å²) in [4.78, 5) is 15.3. The maximum atomic E-state index is 11.1. The van der Waals surface area contributed by atoms with Gasteiger partial charge in [0.1, 0.15) is 10.9 Å². The molecule has 12 heavy (non-hydrogen) atoms. The molecule has 1 rings (SSSR count). The van der Waals surface area contributed by atoms with E-state index in [9.17, 15) is 4.79 Å². The van der Waals surface area contributed by atoms with Gasteiger partial charge in [-0.05, 0) is 13.8 Å². The van der Waals surface area contributed by atoms with E-state index >= 15 is 0 Å². The number of thiazole rings is 1. The molecule has 0 saturated heterocycles. The lowest BCUT2D eigenvalue weighted by atomic mass is 10.2. The Bertz CT molecular complexity index is 282. The van der Waals surface area contributed by atoms with Crippen molar-refractivity contribution in [3.63, 3.8) is 0 Å². The molecule has 0 amide bonds. The second kappa shape index (κ2) is 3.67. The van der Waals surface area contributed by atoms with E-state index < -0.39 is 0 Å². The lowest BCUT2D eigenvalue weighted by Crippen LogP contribution is -2.10. The molecule has 1 heterocycles. The Morgan fingerprint density at radius 2 is 2.42 bits per heavy atom. The zero-order chi connectivity index (χ0) is 9.14. The van der Waals surface area contributed by atoms with Crippen LogP contribution in [0.5, 0.6) is 0 Å². The second-order valence-electron chi connectivity index (χ2n) is 2.57. The van der Waals surface area contributed by atoms with Gasteiger partial charge in [-0.3, -0.25) is 4.79 Å². The number of methoxy groups -OCH3 is 1. The summed E-state index contributed by atoms with van der Waals surface area (Å²) in [6.45, 7) is 3.70. The number of hydrogen-bond acceptors (Lipinski definition) is 4. The molecule has 0 fully saturated rings. The van der Waals surface area contributed by atoms with Gasteiger partial charge in [0.15, 0.2) is 0 Å². The Hall–Kier alpha value is -0.900. The Labute approximate surface area is 75.4 Å². The van der Waals surface area contributed by atoms with E-state index in [0.29, 0.717) is 0 Å². The smallest absolute Gasteiger partial charge is 0.315 e. The SMILES string of the molecule is COC(=O)C(C)c1nc(C)cs1. The van der Waals surface area contributed by atoms with E-state index in [1.807, 2.05) is 12.3 Å². The molecule has 0 aliphatic rings. The van der Waals surface area contributed by atoms with Crippen molar-refractivity contribution in [1.82, 2.24) is 4.98 Å². The Morgan fingerprint density at radius 3 is 2.83 bits per heavy atom. The fourth-order valence-electron chi connectivity index (χ4n) is 0.849. The van der Waals surface area contributed by atoms with Crippen LogP contribution in [0.15, 0.2) is 5.38 Å². The predicted octanol–water partition coefficient (Wildman–Crippen LogP) is 1.73. The predicted molar refractivity (Wildman–Crippen MR) is 47.3 cm³/mol. The Kier molecular flexibility index (Phi) is 2.81. The molecule has 0 spiro atoms. The average molecular weight is 185 g/mol. The van der Waals surface area contributed by atoms with Gasteiger partial charge in [0.05, 0.1) is 7.11 Å². The van der Waals surface area contributed by atoms with Gasteiger partial charge >= 0.3 is 5.97 Å². The molecule has 66 valence electrons. The van der Waals surface area contributed by atoms with Crippen molar-refractivity contribution in [3.8, 4) is 0 Å². The molecule has 0 aromatic carbocycles. The number of carbonyl (C=O) groups is 1. The highest BCUT2D eigenvalue weighted by Crippen LogP contribution is 2.20. The lowest BCUT2D eigenvalue weighted by molar-refractivity contribution is -0.141. The van der Waals surface area contributed by atoms with E-state index in [2.05, 4.69) is 9.72 Å². The van der Waals surface area contributed by atoms with Gasteiger partial charge in [0, 0.05) is 11.1 Å². The first-order valence-electron chi connectivity index (χ1n) is 3.65. The molecule has 0 aliphatic carbocycles. The third-order valence-electron chi connectivity index (χ3n) is 1.56. The molecule has 4 heteroatoms. The third-order valence-corrected chi connectivity index (χ3v) is 2.71. The summed E-state index contributed by atoms with van der Waals surface area (Å²) in [7, 11) is 1.39. The van der Waals surface area contributed by atoms with Gasteiger partial charge in [-0.1, -0.05) is 0 Å². The number of nitrogens with zero attached hydrogens (tertiary/aromatic N) is 1. The van der Waals surface area contributed by atoms with Crippen LogP contribution in [0.4, 0.5) is 0 Å². The summed E-state index contributed by atoms with van der Waals surface area (Å²) in [5.41, 5.74) is 0.950. The van der Waals surface area contributed by atoms with E-state index in [1.165, 1.54) is 18.4 Å². The molecule has 0 saturated carbocycles. The van der Waals surface area contributed by atoms with Crippen molar-refractivity contribution in [2.45, 2.75) is 19.8 Å². The summed E-state index contributed by atoms with van der Waals surface area (Å²) in [5.74, 6) is -0.474. The van der Waals surface area contributed by atoms with Crippen molar-refractivity contribution >= 4 is 17.3 Å². The molecule has 0 N–H and O–H groups in total. The topological polar surface area (TPSA) is 39.2 Å². The quantitative estimate of drug-likeness (QED) is 0.659. The number of rotatable bonds is 2. The molecular formula is C8H11NO2S. The fourth-order valence-corrected chi connectivity index (χ4v) is 1.69. The first-order valence-corrected chi connectivity index (χ1v) is 4.53. The van der Waals surface area contributed by atoms with Gasteiger partial charge in [-0.15, -0.1) is 11.3 Å². The minimum absolute atomic E-state index is 0.232. The third kappa shape index (κ3) is 1.82. The minimum Gasteiger partial charge on any atom is -0.468 e. The van der Waals surface area contributed by atoms with E-state index in [-0.39, 0.29) is 11.9 Å². The zero-order valence-corrected chi connectivity index (χ0v) is 8.14. The largest absolute Gasteiger partial charge is 0.468 e. The van der Waals surface area contributed by atoms with E-state index in [1.54, 1.807) is 6.92 Å². The summed E-state index contributed by atoms with van der Waals surface area (Å²) < 4.78 is 4.60. The minimum atomic E-state index is -0.242. The van der Waals surface area contributed by atoms with Crippen LogP contribution >= 0.6 is 11.3 Å². The molecule has 3 nitrogen and oxygen atoms in total. The number of aromatic nitrogens is 1. The molecule has 1 unspecified atom stereocenters. The van der Waals surface area contributed by atoms with Crippen LogP contribution in [0.3, 0.4) is 0 Å². The molecule has 0 radical (unpaired) electrons. The van der Waals surface area contributed by atoms with Crippen LogP contribution in [-0.2, 0) is 9.53 Å². The highest BCUT2D eigenvalue weighted by molar-refractivity contribution is 7.09. The van der Waals surface area contributed by atoms with Gasteiger partial charge in [0.25, 0.3) is 0 Å². The highest BCUT2D eigenvalue weighted by atomic mass is 32.1. The number of ether oxygens (including phenoxy) is 1. The average Bonchev–Trinajstić information content (AvgIpc) is 2.49. The summed E-state index contributed by atoms with van der Waals surface area (Å²) in [6.07, 6.45) is 0. The lowest BCUT2D eigenvalue weighted by Gasteiger charge is -2.03. The zero-order valence-electron chi connectivity index (χ0n) is 7.33.